The standard InChI is InChI=1S/C8H7F5OS/c9-7(10,3-4-14)5-1-2-6(15-5)8(11,12)13/h1-2,14H,3-4H2. The van der Waals surface area contributed by atoms with Crippen molar-refractivity contribution < 1.29 is 27.1 Å². The Balaban J connectivity index is 2.94. The van der Waals surface area contributed by atoms with E-state index in [9.17, 15) is 22.0 Å². The summed E-state index contributed by atoms with van der Waals surface area (Å²) in [5.41, 5.74) is 0. The van der Waals surface area contributed by atoms with Crippen molar-refractivity contribution in [3.63, 3.8) is 0 Å². The maximum atomic E-state index is 13.0. The summed E-state index contributed by atoms with van der Waals surface area (Å²) in [5, 5.41) is 8.33. The zero-order valence-electron chi connectivity index (χ0n) is 7.31. The number of thiophene rings is 1. The molecule has 1 N–H and O–H groups in total. The lowest BCUT2D eigenvalue weighted by molar-refractivity contribution is -0.134. The highest BCUT2D eigenvalue weighted by atomic mass is 32.1. The molecule has 1 nitrogen and oxygen atoms in total. The van der Waals surface area contributed by atoms with Gasteiger partial charge in [-0.15, -0.1) is 11.3 Å². The second-order valence-corrected chi connectivity index (χ2v) is 3.92. The Morgan fingerprint density at radius 2 is 1.60 bits per heavy atom. The van der Waals surface area contributed by atoms with E-state index in [0.717, 1.165) is 6.07 Å². The van der Waals surface area contributed by atoms with Crippen LogP contribution >= 0.6 is 11.3 Å². The molecule has 0 atom stereocenters. The van der Waals surface area contributed by atoms with E-state index in [1.807, 2.05) is 0 Å². The zero-order valence-corrected chi connectivity index (χ0v) is 8.13. The topological polar surface area (TPSA) is 20.2 Å². The van der Waals surface area contributed by atoms with Gasteiger partial charge in [0.1, 0.15) is 4.88 Å². The van der Waals surface area contributed by atoms with E-state index in [1.165, 1.54) is 0 Å². The summed E-state index contributed by atoms with van der Waals surface area (Å²) < 4.78 is 62.4. The van der Waals surface area contributed by atoms with Crippen LogP contribution in [0.5, 0.6) is 0 Å². The highest BCUT2D eigenvalue weighted by Gasteiger charge is 2.38. The van der Waals surface area contributed by atoms with Crippen LogP contribution in [0.25, 0.3) is 0 Å². The third-order valence-corrected chi connectivity index (χ3v) is 2.91. The van der Waals surface area contributed by atoms with Gasteiger partial charge >= 0.3 is 6.18 Å². The fourth-order valence-electron chi connectivity index (χ4n) is 0.950. The molecule has 7 heteroatoms. The predicted octanol–water partition coefficient (Wildman–Crippen LogP) is 3.24. The van der Waals surface area contributed by atoms with Crippen molar-refractivity contribution in [2.45, 2.75) is 18.5 Å². The molecular weight excluding hydrogens is 239 g/mol. The van der Waals surface area contributed by atoms with E-state index >= 15 is 0 Å². The van der Waals surface area contributed by atoms with Gasteiger partial charge in [0.2, 0.25) is 0 Å². The lowest BCUT2D eigenvalue weighted by Crippen LogP contribution is -2.13. The molecule has 0 aliphatic carbocycles. The van der Waals surface area contributed by atoms with Crippen molar-refractivity contribution in [1.82, 2.24) is 0 Å². The van der Waals surface area contributed by atoms with Gasteiger partial charge in [0.05, 0.1) is 4.88 Å². The number of rotatable bonds is 3. The van der Waals surface area contributed by atoms with Gasteiger partial charge in [-0.3, -0.25) is 0 Å². The monoisotopic (exact) mass is 246 g/mol. The fourth-order valence-corrected chi connectivity index (χ4v) is 1.83. The Morgan fingerprint density at radius 1 is 1.07 bits per heavy atom. The normalized spacial score (nSPS) is 13.2. The lowest BCUT2D eigenvalue weighted by Gasteiger charge is -2.12. The van der Waals surface area contributed by atoms with Gasteiger partial charge in [-0.2, -0.15) is 13.2 Å². The maximum Gasteiger partial charge on any atom is 0.425 e. The minimum atomic E-state index is -4.60. The molecule has 0 aliphatic heterocycles. The lowest BCUT2D eigenvalue weighted by atomic mass is 10.2. The van der Waals surface area contributed by atoms with Gasteiger partial charge in [0.15, 0.2) is 0 Å². The van der Waals surface area contributed by atoms with Crippen molar-refractivity contribution in [3.8, 4) is 0 Å². The third-order valence-electron chi connectivity index (χ3n) is 1.67. The Morgan fingerprint density at radius 3 is 2.00 bits per heavy atom. The summed E-state index contributed by atoms with van der Waals surface area (Å²) in [7, 11) is 0. The van der Waals surface area contributed by atoms with E-state index in [4.69, 9.17) is 5.11 Å². The van der Waals surface area contributed by atoms with Gasteiger partial charge in [0, 0.05) is 13.0 Å². The summed E-state index contributed by atoms with van der Waals surface area (Å²) in [6, 6.07) is 1.36. The highest BCUT2D eigenvalue weighted by molar-refractivity contribution is 7.12. The van der Waals surface area contributed by atoms with E-state index in [0.29, 0.717) is 6.07 Å². The summed E-state index contributed by atoms with van der Waals surface area (Å²) >= 11 is 0.000602. The van der Waals surface area contributed by atoms with E-state index < -0.39 is 34.9 Å². The van der Waals surface area contributed by atoms with Gasteiger partial charge < -0.3 is 5.11 Å². The van der Waals surface area contributed by atoms with Crippen molar-refractivity contribution in [3.05, 3.63) is 21.9 Å². The molecule has 0 bridgehead atoms. The van der Waals surface area contributed by atoms with Crippen LogP contribution in [0, 0.1) is 0 Å². The molecule has 0 radical (unpaired) electrons. The highest BCUT2D eigenvalue weighted by Crippen LogP contribution is 2.41. The van der Waals surface area contributed by atoms with Crippen molar-refractivity contribution in [1.29, 1.82) is 0 Å². The number of aliphatic hydroxyl groups excluding tert-OH is 1. The number of aliphatic hydroxyl groups is 1. The maximum absolute atomic E-state index is 13.0. The summed E-state index contributed by atoms with van der Waals surface area (Å²) in [6.07, 6.45) is -5.47. The van der Waals surface area contributed by atoms with Crippen LogP contribution in [-0.4, -0.2) is 11.7 Å². The van der Waals surface area contributed by atoms with Gasteiger partial charge in [-0.05, 0) is 12.1 Å². The smallest absolute Gasteiger partial charge is 0.396 e. The van der Waals surface area contributed by atoms with Crippen LogP contribution in [0.2, 0.25) is 0 Å². The Labute approximate surface area is 86.2 Å². The molecule has 1 rings (SSSR count). The third kappa shape index (κ3) is 2.88. The first-order valence-electron chi connectivity index (χ1n) is 3.93. The Bertz CT molecular complexity index is 330. The van der Waals surface area contributed by atoms with Crippen LogP contribution in [0.15, 0.2) is 12.1 Å². The molecule has 0 aliphatic rings. The minimum Gasteiger partial charge on any atom is -0.396 e. The first-order valence-corrected chi connectivity index (χ1v) is 4.75. The number of alkyl halides is 5. The summed E-state index contributed by atoms with van der Waals surface area (Å²) in [6.45, 7) is -0.772. The molecule has 15 heavy (non-hydrogen) atoms. The average Bonchev–Trinajstić information content (AvgIpc) is 2.50. The molecule has 0 unspecified atom stereocenters. The van der Waals surface area contributed by atoms with Crippen molar-refractivity contribution >= 4 is 11.3 Å². The minimum absolute atomic E-state index is 0.000602. The van der Waals surface area contributed by atoms with Crippen LogP contribution < -0.4 is 0 Å². The second-order valence-electron chi connectivity index (χ2n) is 2.84. The SMILES string of the molecule is OCCC(F)(F)c1ccc(C(F)(F)F)s1. The number of hydrogen-bond donors (Lipinski definition) is 1. The van der Waals surface area contributed by atoms with Gasteiger partial charge in [-0.1, -0.05) is 0 Å². The molecule has 0 saturated carbocycles. The molecule has 0 fully saturated rings. The van der Waals surface area contributed by atoms with E-state index in [2.05, 4.69) is 0 Å². The molecule has 0 saturated heterocycles. The van der Waals surface area contributed by atoms with Crippen LogP contribution in [0.1, 0.15) is 16.2 Å². The molecular formula is C8H7F5OS. The van der Waals surface area contributed by atoms with Crippen LogP contribution in [0.4, 0.5) is 22.0 Å². The van der Waals surface area contributed by atoms with E-state index in [-0.39, 0.29) is 11.3 Å². The van der Waals surface area contributed by atoms with Gasteiger partial charge in [-0.25, -0.2) is 8.78 Å². The molecule has 1 aromatic rings. The molecule has 86 valence electrons. The van der Waals surface area contributed by atoms with Crippen LogP contribution in [0.3, 0.4) is 0 Å². The second kappa shape index (κ2) is 4.05. The van der Waals surface area contributed by atoms with Crippen LogP contribution in [-0.2, 0) is 12.1 Å². The molecule has 0 amide bonds. The first-order chi connectivity index (χ1) is 6.77. The average molecular weight is 246 g/mol. The molecule has 0 aromatic carbocycles. The number of halogens is 5. The van der Waals surface area contributed by atoms with Crippen molar-refractivity contribution in [2.24, 2.45) is 0 Å². The zero-order chi connectivity index (χ0) is 11.7. The Hall–Kier alpha value is -0.690. The predicted molar refractivity (Wildman–Crippen MR) is 44.9 cm³/mol. The summed E-state index contributed by atoms with van der Waals surface area (Å²) in [5.74, 6) is -3.40. The molecule has 0 spiro atoms. The van der Waals surface area contributed by atoms with Crippen molar-refractivity contribution in [2.75, 3.05) is 6.61 Å². The molecule has 1 heterocycles. The first kappa shape index (κ1) is 12.4. The van der Waals surface area contributed by atoms with Gasteiger partial charge in [0.25, 0.3) is 5.92 Å². The summed E-state index contributed by atoms with van der Waals surface area (Å²) in [4.78, 5) is -1.74. The largest absolute Gasteiger partial charge is 0.425 e. The quantitative estimate of drug-likeness (QED) is 0.812. The fraction of sp³-hybridized carbons (Fsp3) is 0.500. The molecule has 1 aromatic heterocycles. The number of hydrogen-bond acceptors (Lipinski definition) is 2. The Kier molecular flexibility index (Phi) is 3.34. The van der Waals surface area contributed by atoms with E-state index in [1.54, 1.807) is 0 Å².